The number of phenolic OH excluding ortho intramolecular Hbond substituents is 2. The molecule has 2 aromatic carbocycles. The second-order valence-corrected chi connectivity index (χ2v) is 9.94. The predicted molar refractivity (Wildman–Crippen MR) is 134 cm³/mol. The number of aromatic hydroxyl groups is 2. The molecule has 0 heterocycles. The van der Waals surface area contributed by atoms with Crippen molar-refractivity contribution >= 4 is 0 Å². The molecule has 33 heavy (non-hydrogen) atoms. The zero-order chi connectivity index (χ0) is 23.8. The Kier molecular flexibility index (Phi) is 9.64. The number of aliphatic hydroxyl groups is 2. The van der Waals surface area contributed by atoms with Crippen molar-refractivity contribution in [1.82, 2.24) is 0 Å². The Morgan fingerprint density at radius 3 is 1.58 bits per heavy atom. The van der Waals surface area contributed by atoms with Gasteiger partial charge in [-0.3, -0.25) is 0 Å². The number of hydrogen-bond acceptors (Lipinski definition) is 4. The fourth-order valence-corrected chi connectivity index (χ4v) is 5.56. The Morgan fingerprint density at radius 2 is 1.15 bits per heavy atom. The fourth-order valence-electron chi connectivity index (χ4n) is 5.56. The van der Waals surface area contributed by atoms with Crippen LogP contribution < -0.4 is 0 Å². The lowest BCUT2D eigenvalue weighted by molar-refractivity contribution is 0.284. The van der Waals surface area contributed by atoms with Gasteiger partial charge in [-0.2, -0.15) is 0 Å². The standard InChI is InChI=1S/C29H42O4/c1-20-16-22(10-6-8-14-30)18-25(28(20)32)27(24-12-4-3-5-13-24)26-19-23(11-7-9-15-31)17-21(2)29(26)33/h16-19,24,27,30-33H,3-15H2,1-2H3. The lowest BCUT2D eigenvalue weighted by Crippen LogP contribution is -2.19. The van der Waals surface area contributed by atoms with Gasteiger partial charge in [-0.1, -0.05) is 43.5 Å². The van der Waals surface area contributed by atoms with Crippen LogP contribution in [-0.2, 0) is 12.8 Å². The van der Waals surface area contributed by atoms with Gasteiger partial charge in [0.2, 0.25) is 0 Å². The van der Waals surface area contributed by atoms with Gasteiger partial charge in [0.05, 0.1) is 0 Å². The van der Waals surface area contributed by atoms with Gasteiger partial charge in [0.1, 0.15) is 11.5 Å². The molecule has 0 amide bonds. The molecule has 1 saturated carbocycles. The van der Waals surface area contributed by atoms with Crippen molar-refractivity contribution < 1.29 is 20.4 Å². The third kappa shape index (κ3) is 6.51. The highest BCUT2D eigenvalue weighted by molar-refractivity contribution is 5.54. The molecule has 4 N–H and O–H groups in total. The summed E-state index contributed by atoms with van der Waals surface area (Å²) in [6.45, 7) is 4.32. The minimum Gasteiger partial charge on any atom is -0.507 e. The molecule has 0 unspecified atom stereocenters. The molecule has 0 atom stereocenters. The minimum atomic E-state index is -0.0433. The molecule has 0 aromatic heterocycles. The highest BCUT2D eigenvalue weighted by Crippen LogP contribution is 2.47. The monoisotopic (exact) mass is 454 g/mol. The van der Waals surface area contributed by atoms with Gasteiger partial charge in [0.25, 0.3) is 0 Å². The van der Waals surface area contributed by atoms with Gasteiger partial charge < -0.3 is 20.4 Å². The molecule has 0 saturated heterocycles. The molecule has 182 valence electrons. The van der Waals surface area contributed by atoms with Gasteiger partial charge >= 0.3 is 0 Å². The molecule has 1 aliphatic rings. The smallest absolute Gasteiger partial charge is 0.122 e. The van der Waals surface area contributed by atoms with E-state index in [4.69, 9.17) is 0 Å². The van der Waals surface area contributed by atoms with Crippen molar-refractivity contribution in [2.75, 3.05) is 13.2 Å². The van der Waals surface area contributed by atoms with Gasteiger partial charge in [0.15, 0.2) is 0 Å². The highest BCUT2D eigenvalue weighted by atomic mass is 16.3. The van der Waals surface area contributed by atoms with E-state index in [1.807, 2.05) is 13.8 Å². The summed E-state index contributed by atoms with van der Waals surface area (Å²) in [4.78, 5) is 0. The quantitative estimate of drug-likeness (QED) is 0.311. The number of rotatable bonds is 11. The van der Waals surface area contributed by atoms with Crippen LogP contribution in [0.25, 0.3) is 0 Å². The van der Waals surface area contributed by atoms with Crippen LogP contribution in [-0.4, -0.2) is 33.6 Å². The van der Waals surface area contributed by atoms with Gasteiger partial charge in [-0.15, -0.1) is 0 Å². The number of phenols is 2. The first-order valence-corrected chi connectivity index (χ1v) is 12.8. The lowest BCUT2D eigenvalue weighted by atomic mass is 9.72. The van der Waals surface area contributed by atoms with E-state index in [1.165, 1.54) is 30.4 Å². The molecular weight excluding hydrogens is 412 g/mol. The van der Waals surface area contributed by atoms with E-state index in [-0.39, 0.29) is 19.1 Å². The van der Waals surface area contributed by atoms with Crippen LogP contribution in [0.5, 0.6) is 11.5 Å². The van der Waals surface area contributed by atoms with Crippen LogP contribution in [0.1, 0.15) is 97.1 Å². The second-order valence-electron chi connectivity index (χ2n) is 9.94. The molecule has 0 aliphatic heterocycles. The summed E-state index contributed by atoms with van der Waals surface area (Å²) < 4.78 is 0. The Morgan fingerprint density at radius 1 is 0.697 bits per heavy atom. The summed E-state index contributed by atoms with van der Waals surface area (Å²) in [6.07, 6.45) is 11.0. The van der Waals surface area contributed by atoms with Crippen LogP contribution in [0.2, 0.25) is 0 Å². The first-order valence-electron chi connectivity index (χ1n) is 12.8. The second kappa shape index (κ2) is 12.4. The molecule has 0 spiro atoms. The molecule has 4 nitrogen and oxygen atoms in total. The molecular formula is C29H42O4. The van der Waals surface area contributed by atoms with E-state index < -0.39 is 0 Å². The Labute approximate surface area is 199 Å². The number of hydrogen-bond donors (Lipinski definition) is 4. The summed E-state index contributed by atoms with van der Waals surface area (Å²) >= 11 is 0. The topological polar surface area (TPSA) is 80.9 Å². The molecule has 1 aliphatic carbocycles. The van der Waals surface area contributed by atoms with Crippen LogP contribution in [0.3, 0.4) is 0 Å². The van der Waals surface area contributed by atoms with E-state index in [0.29, 0.717) is 17.4 Å². The van der Waals surface area contributed by atoms with Crippen LogP contribution >= 0.6 is 0 Å². The number of aliphatic hydroxyl groups excluding tert-OH is 2. The maximum atomic E-state index is 11.2. The molecule has 4 heteroatoms. The van der Waals surface area contributed by atoms with E-state index in [1.54, 1.807) is 0 Å². The Balaban J connectivity index is 2.08. The fraction of sp³-hybridized carbons (Fsp3) is 0.586. The van der Waals surface area contributed by atoms with Crippen molar-refractivity contribution in [1.29, 1.82) is 0 Å². The minimum absolute atomic E-state index is 0.0433. The number of unbranched alkanes of at least 4 members (excludes halogenated alkanes) is 2. The molecule has 0 bridgehead atoms. The van der Waals surface area contributed by atoms with E-state index in [0.717, 1.165) is 73.6 Å². The van der Waals surface area contributed by atoms with Crippen molar-refractivity contribution in [2.45, 2.75) is 90.4 Å². The van der Waals surface area contributed by atoms with Gasteiger partial charge in [-0.05, 0) is 93.4 Å². The SMILES string of the molecule is Cc1cc(CCCCO)cc(C(c2cc(CCCCO)cc(C)c2O)C2CCCCC2)c1O. The zero-order valence-electron chi connectivity index (χ0n) is 20.4. The van der Waals surface area contributed by atoms with E-state index >= 15 is 0 Å². The third-order valence-corrected chi connectivity index (χ3v) is 7.32. The Bertz CT molecular complexity index is 833. The summed E-state index contributed by atoms with van der Waals surface area (Å²) in [6, 6.07) is 8.41. The van der Waals surface area contributed by atoms with Crippen LogP contribution in [0.4, 0.5) is 0 Å². The largest absolute Gasteiger partial charge is 0.507 e. The highest BCUT2D eigenvalue weighted by Gasteiger charge is 2.32. The van der Waals surface area contributed by atoms with Crippen molar-refractivity contribution in [2.24, 2.45) is 5.92 Å². The molecule has 1 fully saturated rings. The maximum Gasteiger partial charge on any atom is 0.122 e. The van der Waals surface area contributed by atoms with Crippen molar-refractivity contribution in [3.63, 3.8) is 0 Å². The summed E-state index contributed by atoms with van der Waals surface area (Å²) in [5.74, 6) is 1.03. The third-order valence-electron chi connectivity index (χ3n) is 7.32. The summed E-state index contributed by atoms with van der Waals surface area (Å²) in [5, 5.41) is 40.8. The Hall–Kier alpha value is -2.04. The van der Waals surface area contributed by atoms with Crippen molar-refractivity contribution in [3.8, 4) is 11.5 Å². The van der Waals surface area contributed by atoms with Gasteiger partial charge in [-0.25, -0.2) is 0 Å². The van der Waals surface area contributed by atoms with E-state index in [2.05, 4.69) is 24.3 Å². The van der Waals surface area contributed by atoms with Crippen LogP contribution in [0, 0.1) is 19.8 Å². The van der Waals surface area contributed by atoms with Crippen molar-refractivity contribution in [3.05, 3.63) is 57.6 Å². The number of benzene rings is 2. The zero-order valence-corrected chi connectivity index (χ0v) is 20.4. The first kappa shape index (κ1) is 25.6. The molecule has 0 radical (unpaired) electrons. The molecule has 3 rings (SSSR count). The maximum absolute atomic E-state index is 11.2. The normalized spacial score (nSPS) is 14.8. The summed E-state index contributed by atoms with van der Waals surface area (Å²) in [7, 11) is 0. The van der Waals surface area contributed by atoms with Crippen LogP contribution in [0.15, 0.2) is 24.3 Å². The molecule has 2 aromatic rings. The average Bonchev–Trinajstić information content (AvgIpc) is 2.81. The van der Waals surface area contributed by atoms with Gasteiger partial charge in [0, 0.05) is 30.3 Å². The number of aryl methyl sites for hydroxylation is 4. The average molecular weight is 455 g/mol. The lowest BCUT2D eigenvalue weighted by Gasteiger charge is -2.33. The summed E-state index contributed by atoms with van der Waals surface area (Å²) in [5.41, 5.74) is 5.99. The first-order chi connectivity index (χ1) is 16.0. The van der Waals surface area contributed by atoms with E-state index in [9.17, 15) is 20.4 Å². The predicted octanol–water partition coefficient (Wildman–Crippen LogP) is 6.06.